The predicted molar refractivity (Wildman–Crippen MR) is 62.3 cm³/mol. The number of anilines is 1. The molecule has 1 aromatic rings. The molecule has 0 spiro atoms. The summed E-state index contributed by atoms with van der Waals surface area (Å²) >= 11 is 0. The minimum absolute atomic E-state index is 0.612. The number of rotatable bonds is 4. The van der Waals surface area contributed by atoms with Gasteiger partial charge in [0.25, 0.3) is 0 Å². The van der Waals surface area contributed by atoms with Gasteiger partial charge in [-0.05, 0) is 43.0 Å². The molecule has 3 nitrogen and oxygen atoms in total. The lowest BCUT2D eigenvalue weighted by atomic mass is 10.2. The number of pyridine rings is 1. The summed E-state index contributed by atoms with van der Waals surface area (Å²) in [5.41, 5.74) is 6.89. The highest BCUT2D eigenvalue weighted by Crippen LogP contribution is 2.38. The Balaban J connectivity index is 1.85. The number of nitrogens with zero attached hydrogens (tertiary/aromatic N) is 2. The number of hydrogen-bond donors (Lipinski definition) is 1. The smallest absolute Gasteiger partial charge is 0.123 e. The van der Waals surface area contributed by atoms with Crippen LogP contribution in [0.3, 0.4) is 0 Å². The highest BCUT2D eigenvalue weighted by atomic mass is 15.1. The molecule has 0 amide bonds. The van der Waals surface area contributed by atoms with Crippen LogP contribution < -0.4 is 5.73 Å². The Hall–Kier alpha value is -1.09. The fourth-order valence-electron chi connectivity index (χ4n) is 2.02. The first kappa shape index (κ1) is 10.4. The highest BCUT2D eigenvalue weighted by Gasteiger charge is 2.32. The Morgan fingerprint density at radius 3 is 2.93 bits per heavy atom. The van der Waals surface area contributed by atoms with Crippen LogP contribution in [-0.2, 0) is 6.54 Å². The molecule has 0 aliphatic heterocycles. The molecule has 1 saturated carbocycles. The van der Waals surface area contributed by atoms with E-state index in [4.69, 9.17) is 5.73 Å². The molecule has 2 atom stereocenters. The van der Waals surface area contributed by atoms with Crippen LogP contribution in [0.4, 0.5) is 5.82 Å². The first-order valence-electron chi connectivity index (χ1n) is 5.54. The topological polar surface area (TPSA) is 42.2 Å². The predicted octanol–water partition coefficient (Wildman–Crippen LogP) is 1.75. The summed E-state index contributed by atoms with van der Waals surface area (Å²) in [7, 11) is 2.17. The summed E-state index contributed by atoms with van der Waals surface area (Å²) in [6.45, 7) is 4.49. The minimum atomic E-state index is 0.612. The second-order valence-corrected chi connectivity index (χ2v) is 4.76. The van der Waals surface area contributed by atoms with Crippen molar-refractivity contribution in [3.05, 3.63) is 23.9 Å². The van der Waals surface area contributed by atoms with E-state index in [1.807, 2.05) is 12.1 Å². The molecule has 0 saturated heterocycles. The van der Waals surface area contributed by atoms with E-state index < -0.39 is 0 Å². The second-order valence-electron chi connectivity index (χ2n) is 4.76. The van der Waals surface area contributed by atoms with E-state index in [1.165, 1.54) is 18.5 Å². The third kappa shape index (κ3) is 2.93. The first-order chi connectivity index (χ1) is 7.15. The summed E-state index contributed by atoms with van der Waals surface area (Å²) in [6.07, 6.45) is 3.17. The molecule has 1 aromatic heterocycles. The summed E-state index contributed by atoms with van der Waals surface area (Å²) < 4.78 is 0. The van der Waals surface area contributed by atoms with Crippen LogP contribution >= 0.6 is 0 Å². The van der Waals surface area contributed by atoms with Crippen LogP contribution in [0.2, 0.25) is 0 Å². The highest BCUT2D eigenvalue weighted by molar-refractivity contribution is 5.31. The van der Waals surface area contributed by atoms with Gasteiger partial charge in [0, 0.05) is 19.3 Å². The van der Waals surface area contributed by atoms with Crippen molar-refractivity contribution in [2.75, 3.05) is 19.3 Å². The van der Waals surface area contributed by atoms with Gasteiger partial charge in [-0.2, -0.15) is 0 Å². The van der Waals surface area contributed by atoms with Gasteiger partial charge in [0.2, 0.25) is 0 Å². The monoisotopic (exact) mass is 205 g/mol. The fourth-order valence-corrected chi connectivity index (χ4v) is 2.02. The molecule has 2 unspecified atom stereocenters. The van der Waals surface area contributed by atoms with Crippen molar-refractivity contribution in [1.82, 2.24) is 9.88 Å². The molecule has 0 aromatic carbocycles. The first-order valence-corrected chi connectivity index (χ1v) is 5.54. The van der Waals surface area contributed by atoms with Crippen molar-refractivity contribution in [1.29, 1.82) is 0 Å². The standard InChI is InChI=1S/C12H19N3/c1-9-5-11(9)8-15(2)7-10-3-4-14-12(13)6-10/h3-4,6,9,11H,5,7-8H2,1-2H3,(H2,13,14). The third-order valence-corrected chi connectivity index (χ3v) is 3.12. The van der Waals surface area contributed by atoms with Crippen LogP contribution in [0.1, 0.15) is 18.9 Å². The van der Waals surface area contributed by atoms with Crippen LogP contribution in [0.25, 0.3) is 0 Å². The van der Waals surface area contributed by atoms with E-state index in [2.05, 4.69) is 23.9 Å². The molecule has 1 heterocycles. The molecule has 0 bridgehead atoms. The number of aromatic nitrogens is 1. The summed E-state index contributed by atoms with van der Waals surface area (Å²) in [6, 6.07) is 3.98. The van der Waals surface area contributed by atoms with E-state index in [-0.39, 0.29) is 0 Å². The zero-order chi connectivity index (χ0) is 10.8. The third-order valence-electron chi connectivity index (χ3n) is 3.12. The molecule has 1 aliphatic rings. The normalized spacial score (nSPS) is 24.5. The molecule has 15 heavy (non-hydrogen) atoms. The molecule has 1 fully saturated rings. The molecular formula is C12H19N3. The molecule has 2 rings (SSSR count). The van der Waals surface area contributed by atoms with E-state index in [9.17, 15) is 0 Å². The van der Waals surface area contributed by atoms with Gasteiger partial charge in [0.15, 0.2) is 0 Å². The van der Waals surface area contributed by atoms with Crippen molar-refractivity contribution in [3.8, 4) is 0 Å². The van der Waals surface area contributed by atoms with Crippen LogP contribution in [0.5, 0.6) is 0 Å². The van der Waals surface area contributed by atoms with Gasteiger partial charge in [-0.25, -0.2) is 4.98 Å². The molecule has 3 heteroatoms. The fraction of sp³-hybridized carbons (Fsp3) is 0.583. The van der Waals surface area contributed by atoms with Crippen molar-refractivity contribution in [3.63, 3.8) is 0 Å². The summed E-state index contributed by atoms with van der Waals surface area (Å²) in [5.74, 6) is 2.45. The Morgan fingerprint density at radius 1 is 1.60 bits per heavy atom. The molecule has 82 valence electrons. The van der Waals surface area contributed by atoms with E-state index in [0.717, 1.165) is 18.4 Å². The molecule has 1 aliphatic carbocycles. The van der Waals surface area contributed by atoms with Gasteiger partial charge in [0.1, 0.15) is 5.82 Å². The molecule has 0 radical (unpaired) electrons. The van der Waals surface area contributed by atoms with E-state index in [0.29, 0.717) is 5.82 Å². The Labute approximate surface area is 91.3 Å². The second kappa shape index (κ2) is 4.19. The number of nitrogens with two attached hydrogens (primary N) is 1. The van der Waals surface area contributed by atoms with Crippen molar-refractivity contribution in [2.45, 2.75) is 19.9 Å². The van der Waals surface area contributed by atoms with Gasteiger partial charge in [0.05, 0.1) is 0 Å². The Morgan fingerprint density at radius 2 is 2.33 bits per heavy atom. The Kier molecular flexibility index (Phi) is 2.91. The summed E-state index contributed by atoms with van der Waals surface area (Å²) in [4.78, 5) is 6.36. The summed E-state index contributed by atoms with van der Waals surface area (Å²) in [5, 5.41) is 0. The van der Waals surface area contributed by atoms with Gasteiger partial charge < -0.3 is 10.6 Å². The molecular weight excluding hydrogens is 186 g/mol. The average molecular weight is 205 g/mol. The van der Waals surface area contributed by atoms with Crippen LogP contribution in [0.15, 0.2) is 18.3 Å². The molecule has 2 N–H and O–H groups in total. The average Bonchev–Trinajstić information content (AvgIpc) is 2.81. The number of nitrogen functional groups attached to an aromatic ring is 1. The lowest BCUT2D eigenvalue weighted by molar-refractivity contribution is 0.307. The van der Waals surface area contributed by atoms with E-state index in [1.54, 1.807) is 6.20 Å². The lowest BCUT2D eigenvalue weighted by Gasteiger charge is -2.16. The van der Waals surface area contributed by atoms with Crippen LogP contribution in [0, 0.1) is 11.8 Å². The Bertz CT molecular complexity index is 337. The van der Waals surface area contributed by atoms with Gasteiger partial charge >= 0.3 is 0 Å². The van der Waals surface area contributed by atoms with Crippen molar-refractivity contribution in [2.24, 2.45) is 11.8 Å². The minimum Gasteiger partial charge on any atom is -0.384 e. The van der Waals surface area contributed by atoms with Gasteiger partial charge in [-0.3, -0.25) is 0 Å². The lowest BCUT2D eigenvalue weighted by Crippen LogP contribution is -2.21. The van der Waals surface area contributed by atoms with Crippen molar-refractivity contribution < 1.29 is 0 Å². The SMILES string of the molecule is CC1CC1CN(C)Cc1ccnc(N)c1. The maximum atomic E-state index is 5.64. The van der Waals surface area contributed by atoms with Gasteiger partial charge in [-0.1, -0.05) is 6.92 Å². The maximum absolute atomic E-state index is 5.64. The van der Waals surface area contributed by atoms with Gasteiger partial charge in [-0.15, -0.1) is 0 Å². The zero-order valence-electron chi connectivity index (χ0n) is 9.48. The zero-order valence-corrected chi connectivity index (χ0v) is 9.48. The van der Waals surface area contributed by atoms with E-state index >= 15 is 0 Å². The van der Waals surface area contributed by atoms with Crippen LogP contribution in [-0.4, -0.2) is 23.5 Å². The largest absolute Gasteiger partial charge is 0.384 e. The van der Waals surface area contributed by atoms with Crippen molar-refractivity contribution >= 4 is 5.82 Å². The maximum Gasteiger partial charge on any atom is 0.123 e. The number of hydrogen-bond acceptors (Lipinski definition) is 3. The quantitative estimate of drug-likeness (QED) is 0.814.